The first-order chi connectivity index (χ1) is 10.7. The van der Waals surface area contributed by atoms with E-state index in [-0.39, 0.29) is 23.2 Å². The molecule has 0 aliphatic rings. The van der Waals surface area contributed by atoms with Crippen LogP contribution in [0.1, 0.15) is 46.7 Å². The second kappa shape index (κ2) is 10.7. The molecule has 1 aromatic heterocycles. The van der Waals surface area contributed by atoms with Crippen molar-refractivity contribution < 1.29 is 9.59 Å². The van der Waals surface area contributed by atoms with Crippen LogP contribution >= 0.6 is 0 Å². The van der Waals surface area contributed by atoms with Crippen LogP contribution in [0.25, 0.3) is 0 Å². The van der Waals surface area contributed by atoms with Gasteiger partial charge in [-0.15, -0.1) is 0 Å². The van der Waals surface area contributed by atoms with Crippen molar-refractivity contribution in [2.24, 2.45) is 11.5 Å². The molecule has 7 heteroatoms. The van der Waals surface area contributed by atoms with Gasteiger partial charge in [-0.1, -0.05) is 6.07 Å². The Balaban J connectivity index is 2.50. The number of rotatable bonds is 10. The molecule has 0 saturated heterocycles. The fourth-order valence-corrected chi connectivity index (χ4v) is 1.81. The Labute approximate surface area is 130 Å². The largest absolute Gasteiger partial charge is 0.351 e. The highest BCUT2D eigenvalue weighted by Gasteiger charge is 2.11. The van der Waals surface area contributed by atoms with Crippen molar-refractivity contribution >= 4 is 11.8 Å². The van der Waals surface area contributed by atoms with Crippen LogP contribution in [0.5, 0.6) is 0 Å². The van der Waals surface area contributed by atoms with Gasteiger partial charge in [0, 0.05) is 13.1 Å². The van der Waals surface area contributed by atoms with Crippen LogP contribution in [0.4, 0.5) is 0 Å². The number of unbranched alkanes of at least 4 members (excludes halogenated alkanes) is 2. The van der Waals surface area contributed by atoms with E-state index in [1.165, 1.54) is 0 Å². The summed E-state index contributed by atoms with van der Waals surface area (Å²) in [5, 5.41) is 5.51. The standard InChI is InChI=1S/C15H25N5O2/c16-8-1-3-10-18-14(21)12-6-5-7-13(20-12)15(22)19-11-4-2-9-17/h5-7H,1-4,8-11,16-17H2,(H,18,21)(H,19,22). The molecular formula is C15H25N5O2. The molecule has 0 radical (unpaired) electrons. The first-order valence-electron chi connectivity index (χ1n) is 7.62. The van der Waals surface area contributed by atoms with Gasteiger partial charge in [-0.2, -0.15) is 0 Å². The van der Waals surface area contributed by atoms with Crippen molar-refractivity contribution in [2.45, 2.75) is 25.7 Å². The smallest absolute Gasteiger partial charge is 0.269 e. The van der Waals surface area contributed by atoms with Gasteiger partial charge in [0.05, 0.1) is 0 Å². The Bertz CT molecular complexity index is 440. The summed E-state index contributed by atoms with van der Waals surface area (Å²) in [4.78, 5) is 28.0. The van der Waals surface area contributed by atoms with Crippen molar-refractivity contribution in [2.75, 3.05) is 26.2 Å². The first kappa shape index (κ1) is 18.1. The topological polar surface area (TPSA) is 123 Å². The van der Waals surface area contributed by atoms with E-state index in [4.69, 9.17) is 11.5 Å². The molecular weight excluding hydrogens is 282 g/mol. The summed E-state index contributed by atoms with van der Waals surface area (Å²) in [5.74, 6) is -0.565. The zero-order valence-electron chi connectivity index (χ0n) is 12.8. The number of aromatic nitrogens is 1. The van der Waals surface area contributed by atoms with Crippen molar-refractivity contribution in [1.29, 1.82) is 0 Å². The molecule has 122 valence electrons. The Morgan fingerprint density at radius 1 is 0.864 bits per heavy atom. The summed E-state index contributed by atoms with van der Waals surface area (Å²) in [6, 6.07) is 4.82. The zero-order chi connectivity index (χ0) is 16.2. The fourth-order valence-electron chi connectivity index (χ4n) is 1.81. The van der Waals surface area contributed by atoms with E-state index in [0.717, 1.165) is 25.7 Å². The molecule has 0 saturated carbocycles. The Kier molecular flexibility index (Phi) is 8.78. The number of pyridine rings is 1. The molecule has 1 rings (SSSR count). The predicted molar refractivity (Wildman–Crippen MR) is 85.5 cm³/mol. The van der Waals surface area contributed by atoms with Crippen LogP contribution in [0, 0.1) is 0 Å². The SMILES string of the molecule is NCCCCNC(=O)c1cccc(C(=O)NCCCCN)n1. The normalized spacial score (nSPS) is 10.3. The first-order valence-corrected chi connectivity index (χ1v) is 7.62. The Hall–Kier alpha value is -1.99. The molecule has 0 atom stereocenters. The average molecular weight is 307 g/mol. The zero-order valence-corrected chi connectivity index (χ0v) is 12.8. The van der Waals surface area contributed by atoms with Crippen molar-refractivity contribution in [3.8, 4) is 0 Å². The van der Waals surface area contributed by atoms with Crippen molar-refractivity contribution in [1.82, 2.24) is 15.6 Å². The van der Waals surface area contributed by atoms with Gasteiger partial charge in [0.15, 0.2) is 0 Å². The maximum Gasteiger partial charge on any atom is 0.269 e. The summed E-state index contributed by atoms with van der Waals surface area (Å²) in [6.07, 6.45) is 3.37. The highest BCUT2D eigenvalue weighted by atomic mass is 16.2. The second-order valence-corrected chi connectivity index (χ2v) is 4.91. The Morgan fingerprint density at radius 2 is 1.32 bits per heavy atom. The van der Waals surface area contributed by atoms with Gasteiger partial charge >= 0.3 is 0 Å². The summed E-state index contributed by atoms with van der Waals surface area (Å²) in [5.41, 5.74) is 11.3. The number of amides is 2. The number of carbonyl (C=O) groups is 2. The molecule has 0 aliphatic carbocycles. The van der Waals surface area contributed by atoms with Crippen LogP contribution in [-0.2, 0) is 0 Å². The molecule has 22 heavy (non-hydrogen) atoms. The number of carbonyl (C=O) groups excluding carboxylic acids is 2. The molecule has 0 unspecified atom stereocenters. The monoisotopic (exact) mass is 307 g/mol. The molecule has 2 amide bonds. The number of nitrogens with zero attached hydrogens (tertiary/aromatic N) is 1. The number of hydrogen-bond donors (Lipinski definition) is 4. The van der Waals surface area contributed by atoms with Gasteiger partial charge in [-0.05, 0) is 50.9 Å². The molecule has 0 spiro atoms. The van der Waals surface area contributed by atoms with Crippen LogP contribution in [0.3, 0.4) is 0 Å². The van der Waals surface area contributed by atoms with E-state index in [2.05, 4.69) is 15.6 Å². The minimum atomic E-state index is -0.283. The minimum Gasteiger partial charge on any atom is -0.351 e. The van der Waals surface area contributed by atoms with E-state index in [9.17, 15) is 9.59 Å². The summed E-state index contributed by atoms with van der Waals surface area (Å²) >= 11 is 0. The Morgan fingerprint density at radius 3 is 1.73 bits per heavy atom. The number of nitrogens with one attached hydrogen (secondary N) is 2. The van der Waals surface area contributed by atoms with Crippen LogP contribution < -0.4 is 22.1 Å². The van der Waals surface area contributed by atoms with Gasteiger partial charge < -0.3 is 22.1 Å². The quantitative estimate of drug-likeness (QED) is 0.454. The van der Waals surface area contributed by atoms with Gasteiger partial charge in [0.1, 0.15) is 11.4 Å². The predicted octanol–water partition coefficient (Wildman–Crippen LogP) is 0.0190. The van der Waals surface area contributed by atoms with E-state index in [1.54, 1.807) is 18.2 Å². The van der Waals surface area contributed by atoms with Gasteiger partial charge in [0.25, 0.3) is 11.8 Å². The summed E-state index contributed by atoms with van der Waals surface area (Å²) in [7, 11) is 0. The fraction of sp³-hybridized carbons (Fsp3) is 0.533. The molecule has 0 aromatic carbocycles. The molecule has 1 aromatic rings. The lowest BCUT2D eigenvalue weighted by atomic mass is 10.2. The van der Waals surface area contributed by atoms with E-state index in [1.807, 2.05) is 0 Å². The number of hydrogen-bond acceptors (Lipinski definition) is 5. The summed E-state index contributed by atoms with van der Waals surface area (Å²) < 4.78 is 0. The van der Waals surface area contributed by atoms with Crippen LogP contribution in [-0.4, -0.2) is 43.0 Å². The van der Waals surface area contributed by atoms with E-state index < -0.39 is 0 Å². The maximum atomic E-state index is 11.9. The van der Waals surface area contributed by atoms with Crippen molar-refractivity contribution in [3.63, 3.8) is 0 Å². The van der Waals surface area contributed by atoms with Crippen LogP contribution in [0.15, 0.2) is 18.2 Å². The lowest BCUT2D eigenvalue weighted by Gasteiger charge is -2.07. The van der Waals surface area contributed by atoms with Crippen LogP contribution in [0.2, 0.25) is 0 Å². The van der Waals surface area contributed by atoms with E-state index in [0.29, 0.717) is 26.2 Å². The molecule has 0 fully saturated rings. The molecule has 0 bridgehead atoms. The maximum absolute atomic E-state index is 11.9. The lowest BCUT2D eigenvalue weighted by molar-refractivity contribution is 0.0944. The molecule has 1 heterocycles. The molecule has 0 aliphatic heterocycles. The second-order valence-electron chi connectivity index (χ2n) is 4.91. The highest BCUT2D eigenvalue weighted by molar-refractivity contribution is 5.96. The molecule has 7 nitrogen and oxygen atoms in total. The average Bonchev–Trinajstić information content (AvgIpc) is 2.55. The van der Waals surface area contributed by atoms with Gasteiger partial charge in [0.2, 0.25) is 0 Å². The van der Waals surface area contributed by atoms with E-state index >= 15 is 0 Å². The minimum absolute atomic E-state index is 0.238. The lowest BCUT2D eigenvalue weighted by Crippen LogP contribution is -2.29. The van der Waals surface area contributed by atoms with Gasteiger partial charge in [-0.3, -0.25) is 9.59 Å². The van der Waals surface area contributed by atoms with Crippen molar-refractivity contribution in [3.05, 3.63) is 29.6 Å². The third-order valence-corrected chi connectivity index (χ3v) is 3.05. The third kappa shape index (κ3) is 6.64. The summed E-state index contributed by atoms with van der Waals surface area (Å²) in [6.45, 7) is 2.31. The highest BCUT2D eigenvalue weighted by Crippen LogP contribution is 2.00. The van der Waals surface area contributed by atoms with Gasteiger partial charge in [-0.25, -0.2) is 4.98 Å². The number of nitrogens with two attached hydrogens (primary N) is 2. The molecule has 6 N–H and O–H groups in total. The third-order valence-electron chi connectivity index (χ3n) is 3.05.